The van der Waals surface area contributed by atoms with Gasteiger partial charge in [-0.25, -0.2) is 0 Å². The summed E-state index contributed by atoms with van der Waals surface area (Å²) in [5, 5.41) is -0.414. The Morgan fingerprint density at radius 3 is 2.67 bits per heavy atom. The van der Waals surface area contributed by atoms with Crippen molar-refractivity contribution in [2.75, 3.05) is 19.0 Å². The number of halogens is 1. The van der Waals surface area contributed by atoms with E-state index in [-0.39, 0.29) is 5.78 Å². The fraction of sp³-hybridized carbons (Fsp3) is 0.417. The van der Waals surface area contributed by atoms with Crippen LogP contribution in [0.2, 0.25) is 0 Å². The smallest absolute Gasteiger partial charge is 0.180 e. The Balaban J connectivity index is 2.95. The summed E-state index contributed by atoms with van der Waals surface area (Å²) >= 11 is 5.92. The number of carbonyl (C=O) groups excluding carboxylic acids is 1. The molecule has 0 saturated heterocycles. The Kier molecular flexibility index (Phi) is 4.15. The first-order valence-electron chi connectivity index (χ1n) is 5.02. The van der Waals surface area contributed by atoms with Gasteiger partial charge in [-0.1, -0.05) is 19.1 Å². The lowest BCUT2D eigenvalue weighted by molar-refractivity contribution is 0.0985. The van der Waals surface area contributed by atoms with Gasteiger partial charge in [-0.2, -0.15) is 0 Å². The van der Waals surface area contributed by atoms with Crippen molar-refractivity contribution in [2.45, 2.75) is 18.7 Å². The minimum absolute atomic E-state index is 0.00265. The van der Waals surface area contributed by atoms with Crippen molar-refractivity contribution in [1.29, 1.82) is 0 Å². The summed E-state index contributed by atoms with van der Waals surface area (Å²) < 4.78 is 0. The number of rotatable bonds is 4. The Morgan fingerprint density at radius 2 is 2.13 bits per heavy atom. The lowest BCUT2D eigenvalue weighted by Gasteiger charge is -2.13. The fourth-order valence-electron chi connectivity index (χ4n) is 1.30. The molecule has 0 heterocycles. The quantitative estimate of drug-likeness (QED) is 0.580. The second-order valence-electron chi connectivity index (χ2n) is 3.68. The number of Topliss-reactive ketones (excluding diaryl/α,β-unsaturated/α-hetero) is 1. The van der Waals surface area contributed by atoms with Gasteiger partial charge >= 0.3 is 0 Å². The summed E-state index contributed by atoms with van der Waals surface area (Å²) in [6.07, 6.45) is 0.659. The Labute approximate surface area is 95.8 Å². The van der Waals surface area contributed by atoms with Crippen LogP contribution in [0.4, 0.5) is 5.69 Å². The molecule has 1 aromatic rings. The number of benzene rings is 1. The summed E-state index contributed by atoms with van der Waals surface area (Å²) in [6, 6.07) is 7.52. The van der Waals surface area contributed by atoms with E-state index in [1.807, 2.05) is 44.1 Å². The van der Waals surface area contributed by atoms with E-state index < -0.39 is 5.38 Å². The predicted molar refractivity (Wildman–Crippen MR) is 65.0 cm³/mol. The van der Waals surface area contributed by atoms with Crippen LogP contribution in [0.15, 0.2) is 24.3 Å². The van der Waals surface area contributed by atoms with Gasteiger partial charge in [-0.3, -0.25) is 4.79 Å². The minimum Gasteiger partial charge on any atom is -0.378 e. The monoisotopic (exact) mass is 225 g/mol. The van der Waals surface area contributed by atoms with Gasteiger partial charge in [0, 0.05) is 25.3 Å². The number of hydrogen-bond donors (Lipinski definition) is 0. The standard InChI is InChI=1S/C12H16ClNO/c1-4-11(13)12(15)9-6-5-7-10(8-9)14(2)3/h5-8,11H,4H2,1-3H3. The molecule has 0 amide bonds. The van der Waals surface area contributed by atoms with Crippen molar-refractivity contribution in [3.8, 4) is 0 Å². The van der Waals surface area contributed by atoms with Gasteiger partial charge in [-0.05, 0) is 18.6 Å². The highest BCUT2D eigenvalue weighted by molar-refractivity contribution is 6.33. The van der Waals surface area contributed by atoms with Crippen LogP contribution < -0.4 is 4.90 Å². The Hall–Kier alpha value is -1.02. The lowest BCUT2D eigenvalue weighted by atomic mass is 10.1. The van der Waals surface area contributed by atoms with Crippen LogP contribution in [-0.4, -0.2) is 25.3 Å². The van der Waals surface area contributed by atoms with Crippen molar-refractivity contribution in [3.63, 3.8) is 0 Å². The number of ketones is 1. The molecule has 0 radical (unpaired) electrons. The van der Waals surface area contributed by atoms with Gasteiger partial charge in [-0.15, -0.1) is 11.6 Å². The average molecular weight is 226 g/mol. The molecular weight excluding hydrogens is 210 g/mol. The van der Waals surface area contributed by atoms with Gasteiger partial charge in [0.05, 0.1) is 5.38 Å². The van der Waals surface area contributed by atoms with Crippen LogP contribution in [0.5, 0.6) is 0 Å². The molecule has 0 spiro atoms. The second kappa shape index (κ2) is 5.17. The first kappa shape index (κ1) is 12.1. The first-order chi connectivity index (χ1) is 7.06. The van der Waals surface area contributed by atoms with E-state index in [1.54, 1.807) is 6.07 Å². The van der Waals surface area contributed by atoms with E-state index in [4.69, 9.17) is 11.6 Å². The van der Waals surface area contributed by atoms with Gasteiger partial charge in [0.1, 0.15) is 0 Å². The number of carbonyl (C=O) groups is 1. The molecule has 1 atom stereocenters. The molecule has 0 aliphatic rings. The number of anilines is 1. The topological polar surface area (TPSA) is 20.3 Å². The van der Waals surface area contributed by atoms with Crippen molar-refractivity contribution >= 4 is 23.1 Å². The van der Waals surface area contributed by atoms with Gasteiger partial charge in [0.2, 0.25) is 0 Å². The third-order valence-corrected chi connectivity index (χ3v) is 2.80. The first-order valence-corrected chi connectivity index (χ1v) is 5.45. The van der Waals surface area contributed by atoms with E-state index in [2.05, 4.69) is 0 Å². The maximum atomic E-state index is 11.8. The zero-order chi connectivity index (χ0) is 11.4. The number of alkyl halides is 1. The summed E-state index contributed by atoms with van der Waals surface area (Å²) in [4.78, 5) is 13.8. The summed E-state index contributed by atoms with van der Waals surface area (Å²) in [6.45, 7) is 1.91. The maximum Gasteiger partial charge on any atom is 0.180 e. The zero-order valence-electron chi connectivity index (χ0n) is 9.33. The third-order valence-electron chi connectivity index (χ3n) is 2.29. The Bertz CT molecular complexity index is 349. The van der Waals surface area contributed by atoms with Crippen molar-refractivity contribution in [2.24, 2.45) is 0 Å². The molecule has 0 bridgehead atoms. The predicted octanol–water partition coefficient (Wildman–Crippen LogP) is 2.95. The molecular formula is C12H16ClNO. The summed E-state index contributed by atoms with van der Waals surface area (Å²) in [5.74, 6) is 0.00265. The van der Waals surface area contributed by atoms with Gasteiger partial charge in [0.25, 0.3) is 0 Å². The molecule has 0 saturated carbocycles. The van der Waals surface area contributed by atoms with Crippen molar-refractivity contribution in [1.82, 2.24) is 0 Å². The molecule has 2 nitrogen and oxygen atoms in total. The zero-order valence-corrected chi connectivity index (χ0v) is 10.1. The molecule has 1 aromatic carbocycles. The maximum absolute atomic E-state index is 11.8. The molecule has 1 unspecified atom stereocenters. The van der Waals surface area contributed by atoms with E-state index in [1.165, 1.54) is 0 Å². The summed E-state index contributed by atoms with van der Waals surface area (Å²) in [5.41, 5.74) is 1.70. The SMILES string of the molecule is CCC(Cl)C(=O)c1cccc(N(C)C)c1. The third kappa shape index (κ3) is 2.96. The van der Waals surface area contributed by atoms with Gasteiger partial charge < -0.3 is 4.90 Å². The van der Waals surface area contributed by atoms with Crippen LogP contribution in [-0.2, 0) is 0 Å². The molecule has 0 N–H and O–H groups in total. The van der Waals surface area contributed by atoms with Gasteiger partial charge in [0.15, 0.2) is 5.78 Å². The average Bonchev–Trinajstić information content (AvgIpc) is 2.27. The largest absolute Gasteiger partial charge is 0.378 e. The van der Waals surface area contributed by atoms with E-state index >= 15 is 0 Å². The highest BCUT2D eigenvalue weighted by Crippen LogP contribution is 2.17. The minimum atomic E-state index is -0.414. The van der Waals surface area contributed by atoms with Crippen molar-refractivity contribution in [3.05, 3.63) is 29.8 Å². The molecule has 0 aliphatic heterocycles. The fourth-order valence-corrected chi connectivity index (χ4v) is 1.43. The van der Waals surface area contributed by atoms with Crippen LogP contribution in [0.1, 0.15) is 23.7 Å². The van der Waals surface area contributed by atoms with E-state index in [0.29, 0.717) is 12.0 Å². The second-order valence-corrected chi connectivity index (χ2v) is 4.21. The Morgan fingerprint density at radius 1 is 1.47 bits per heavy atom. The van der Waals surface area contributed by atoms with Crippen LogP contribution >= 0.6 is 11.6 Å². The molecule has 0 aliphatic carbocycles. The summed E-state index contributed by atoms with van der Waals surface area (Å²) in [7, 11) is 3.89. The molecule has 0 aromatic heterocycles. The molecule has 15 heavy (non-hydrogen) atoms. The van der Waals surface area contributed by atoms with Crippen molar-refractivity contribution < 1.29 is 4.79 Å². The van der Waals surface area contributed by atoms with Crippen LogP contribution in [0.25, 0.3) is 0 Å². The van der Waals surface area contributed by atoms with Crippen LogP contribution in [0, 0.1) is 0 Å². The lowest BCUT2D eigenvalue weighted by Crippen LogP contribution is -2.15. The normalized spacial score (nSPS) is 12.3. The highest BCUT2D eigenvalue weighted by Gasteiger charge is 2.15. The van der Waals surface area contributed by atoms with Crippen LogP contribution in [0.3, 0.4) is 0 Å². The molecule has 0 fully saturated rings. The molecule has 1 rings (SSSR count). The number of hydrogen-bond acceptors (Lipinski definition) is 2. The van der Waals surface area contributed by atoms with E-state index in [9.17, 15) is 4.79 Å². The number of nitrogens with zero attached hydrogens (tertiary/aromatic N) is 1. The molecule has 3 heteroatoms. The molecule has 82 valence electrons. The highest BCUT2D eigenvalue weighted by atomic mass is 35.5. The van der Waals surface area contributed by atoms with E-state index in [0.717, 1.165) is 5.69 Å².